The maximum absolute atomic E-state index is 13.5. The van der Waals surface area contributed by atoms with Gasteiger partial charge in [0.15, 0.2) is 0 Å². The molecule has 0 saturated heterocycles. The zero-order chi connectivity index (χ0) is 26.1. The maximum atomic E-state index is 13.5. The molecule has 3 aromatic rings. The molecule has 9 heteroatoms. The van der Waals surface area contributed by atoms with E-state index in [2.05, 4.69) is 17.5 Å². The summed E-state index contributed by atoms with van der Waals surface area (Å²) in [5, 5.41) is 4.46. The van der Waals surface area contributed by atoms with E-state index in [0.29, 0.717) is 22.9 Å². The molecule has 0 atom stereocenters. The van der Waals surface area contributed by atoms with E-state index in [1.807, 2.05) is 31.2 Å². The summed E-state index contributed by atoms with van der Waals surface area (Å²) < 4.78 is 33.7. The third kappa shape index (κ3) is 7.32. The maximum Gasteiger partial charge on any atom is 0.264 e. The number of hydrogen-bond donors (Lipinski definition) is 1. The van der Waals surface area contributed by atoms with Crippen molar-refractivity contribution in [2.75, 3.05) is 17.5 Å². The van der Waals surface area contributed by atoms with Crippen molar-refractivity contribution >= 4 is 39.4 Å². The molecular formula is C27H30ClN3O4S. The van der Waals surface area contributed by atoms with Crippen LogP contribution in [0.1, 0.15) is 36.5 Å². The van der Waals surface area contributed by atoms with Gasteiger partial charge in [-0.3, -0.25) is 9.10 Å². The van der Waals surface area contributed by atoms with Crippen molar-refractivity contribution in [2.45, 2.75) is 38.5 Å². The first-order valence-electron chi connectivity index (χ1n) is 11.6. The number of rotatable bonds is 11. The molecule has 0 radical (unpaired) electrons. The molecule has 0 aliphatic heterocycles. The first kappa shape index (κ1) is 27.2. The minimum absolute atomic E-state index is 0.0833. The molecule has 0 fully saturated rings. The molecule has 3 aromatic carbocycles. The van der Waals surface area contributed by atoms with Gasteiger partial charge in [0, 0.05) is 5.02 Å². The summed E-state index contributed by atoms with van der Waals surface area (Å²) in [6, 6.07) is 18.6. The predicted molar refractivity (Wildman–Crippen MR) is 144 cm³/mol. The second kappa shape index (κ2) is 12.6. The number of carbonyl (C=O) groups excluding carboxylic acids is 1. The molecule has 0 aliphatic carbocycles. The van der Waals surface area contributed by atoms with Crippen molar-refractivity contribution in [3.63, 3.8) is 0 Å². The van der Waals surface area contributed by atoms with Gasteiger partial charge in [-0.05, 0) is 86.0 Å². The summed E-state index contributed by atoms with van der Waals surface area (Å²) in [6.07, 6.45) is 3.54. The highest BCUT2D eigenvalue weighted by Gasteiger charge is 2.28. The topological polar surface area (TPSA) is 88.1 Å². The van der Waals surface area contributed by atoms with E-state index in [1.165, 1.54) is 18.3 Å². The van der Waals surface area contributed by atoms with Crippen molar-refractivity contribution in [3.05, 3.63) is 88.4 Å². The Labute approximate surface area is 217 Å². The Morgan fingerprint density at radius 2 is 1.75 bits per heavy atom. The van der Waals surface area contributed by atoms with Crippen LogP contribution < -0.4 is 14.5 Å². The number of nitrogens with zero attached hydrogens (tertiary/aromatic N) is 2. The summed E-state index contributed by atoms with van der Waals surface area (Å²) in [5.41, 5.74) is 5.09. The van der Waals surface area contributed by atoms with Crippen LogP contribution in [0.5, 0.6) is 5.75 Å². The Morgan fingerprint density at radius 3 is 2.39 bits per heavy atom. The van der Waals surface area contributed by atoms with Crippen LogP contribution >= 0.6 is 11.6 Å². The fourth-order valence-electron chi connectivity index (χ4n) is 3.36. The molecule has 0 aromatic heterocycles. The molecule has 0 spiro atoms. The van der Waals surface area contributed by atoms with Gasteiger partial charge in [0.1, 0.15) is 12.3 Å². The lowest BCUT2D eigenvalue weighted by Crippen LogP contribution is -2.40. The molecule has 0 heterocycles. The SMILES string of the molecule is CCCCOc1ccc(/C=N\NC(=O)CN(c2ccc(Cl)cc2C)S(=O)(=O)c2ccc(C)cc2)cc1. The third-order valence-corrected chi connectivity index (χ3v) is 7.38. The Balaban J connectivity index is 1.75. The molecule has 0 saturated carbocycles. The number of carbonyl (C=O) groups is 1. The number of aryl methyl sites for hydroxylation is 2. The van der Waals surface area contributed by atoms with Crippen LogP contribution in [-0.4, -0.2) is 33.7 Å². The van der Waals surface area contributed by atoms with E-state index in [-0.39, 0.29) is 4.90 Å². The van der Waals surface area contributed by atoms with Gasteiger partial charge >= 0.3 is 0 Å². The average molecular weight is 528 g/mol. The molecule has 0 unspecified atom stereocenters. The summed E-state index contributed by atoms with van der Waals surface area (Å²) in [6.45, 7) is 5.92. The van der Waals surface area contributed by atoms with Gasteiger partial charge in [-0.15, -0.1) is 0 Å². The second-order valence-corrected chi connectivity index (χ2v) is 10.6. The van der Waals surface area contributed by atoms with Gasteiger partial charge in [-0.25, -0.2) is 13.8 Å². The van der Waals surface area contributed by atoms with E-state index in [1.54, 1.807) is 37.3 Å². The number of amides is 1. The number of anilines is 1. The number of hydrazone groups is 1. The molecule has 0 bridgehead atoms. The van der Waals surface area contributed by atoms with Crippen molar-refractivity contribution in [3.8, 4) is 5.75 Å². The molecule has 1 amide bonds. The lowest BCUT2D eigenvalue weighted by Gasteiger charge is -2.25. The number of hydrogen-bond acceptors (Lipinski definition) is 5. The number of halogens is 1. The van der Waals surface area contributed by atoms with Gasteiger partial charge < -0.3 is 4.74 Å². The first-order chi connectivity index (χ1) is 17.2. The number of benzene rings is 3. The van der Waals surface area contributed by atoms with E-state index in [9.17, 15) is 13.2 Å². The van der Waals surface area contributed by atoms with Crippen LogP contribution in [0.4, 0.5) is 5.69 Å². The molecular weight excluding hydrogens is 498 g/mol. The van der Waals surface area contributed by atoms with Crippen molar-refractivity contribution in [2.24, 2.45) is 5.10 Å². The van der Waals surface area contributed by atoms with E-state index in [4.69, 9.17) is 16.3 Å². The largest absolute Gasteiger partial charge is 0.494 e. The quantitative estimate of drug-likeness (QED) is 0.203. The zero-order valence-electron chi connectivity index (χ0n) is 20.6. The summed E-state index contributed by atoms with van der Waals surface area (Å²) >= 11 is 6.07. The fraction of sp³-hybridized carbons (Fsp3) is 0.259. The highest BCUT2D eigenvalue weighted by Crippen LogP contribution is 2.29. The van der Waals surface area contributed by atoms with Gasteiger partial charge in [-0.1, -0.05) is 42.6 Å². The molecule has 36 heavy (non-hydrogen) atoms. The van der Waals surface area contributed by atoms with Crippen LogP contribution in [0, 0.1) is 13.8 Å². The van der Waals surface area contributed by atoms with Crippen LogP contribution in [0.3, 0.4) is 0 Å². The number of nitrogens with one attached hydrogen (secondary N) is 1. The summed E-state index contributed by atoms with van der Waals surface area (Å²) in [4.78, 5) is 12.8. The minimum atomic E-state index is -4.03. The Bertz CT molecular complexity index is 1310. The van der Waals surface area contributed by atoms with Crippen LogP contribution in [0.2, 0.25) is 5.02 Å². The molecule has 3 rings (SSSR count). The Kier molecular flexibility index (Phi) is 9.50. The number of unbranched alkanes of at least 4 members (excludes halogenated alkanes) is 1. The van der Waals surface area contributed by atoms with Crippen molar-refractivity contribution in [1.29, 1.82) is 0 Å². The zero-order valence-corrected chi connectivity index (χ0v) is 22.1. The standard InChI is InChI=1S/C27H30ClN3O4S/c1-4-5-16-35-24-11-8-22(9-12-24)18-29-30-27(32)19-31(26-15-10-23(28)17-21(26)3)36(33,34)25-13-6-20(2)7-14-25/h6-15,17-18H,4-5,16,19H2,1-3H3,(H,30,32)/b29-18-. The monoisotopic (exact) mass is 527 g/mol. The summed E-state index contributed by atoms with van der Waals surface area (Å²) in [5.74, 6) is 0.177. The summed E-state index contributed by atoms with van der Waals surface area (Å²) in [7, 11) is -4.03. The van der Waals surface area contributed by atoms with Crippen molar-refractivity contribution in [1.82, 2.24) is 5.43 Å². The highest BCUT2D eigenvalue weighted by atomic mass is 35.5. The van der Waals surface area contributed by atoms with Crippen molar-refractivity contribution < 1.29 is 17.9 Å². The highest BCUT2D eigenvalue weighted by molar-refractivity contribution is 7.92. The smallest absolute Gasteiger partial charge is 0.264 e. The third-order valence-electron chi connectivity index (χ3n) is 5.37. The Morgan fingerprint density at radius 1 is 1.06 bits per heavy atom. The normalized spacial score (nSPS) is 11.4. The lowest BCUT2D eigenvalue weighted by atomic mass is 10.2. The van der Waals surface area contributed by atoms with Gasteiger partial charge in [0.25, 0.3) is 15.9 Å². The van der Waals surface area contributed by atoms with Crippen LogP contribution in [0.25, 0.3) is 0 Å². The minimum Gasteiger partial charge on any atom is -0.494 e. The second-order valence-electron chi connectivity index (χ2n) is 8.32. The van der Waals surface area contributed by atoms with Gasteiger partial charge in [-0.2, -0.15) is 5.10 Å². The molecule has 7 nitrogen and oxygen atoms in total. The van der Waals surface area contributed by atoms with E-state index < -0.39 is 22.5 Å². The number of ether oxygens (including phenoxy) is 1. The van der Waals surface area contributed by atoms with Crippen LogP contribution in [-0.2, 0) is 14.8 Å². The fourth-order valence-corrected chi connectivity index (χ4v) is 5.08. The predicted octanol–water partition coefficient (Wildman–Crippen LogP) is 5.48. The van der Waals surface area contributed by atoms with E-state index in [0.717, 1.165) is 34.0 Å². The average Bonchev–Trinajstić information content (AvgIpc) is 2.84. The lowest BCUT2D eigenvalue weighted by molar-refractivity contribution is -0.119. The first-order valence-corrected chi connectivity index (χ1v) is 13.4. The van der Waals surface area contributed by atoms with Gasteiger partial charge in [0.05, 0.1) is 23.4 Å². The van der Waals surface area contributed by atoms with Crippen LogP contribution in [0.15, 0.2) is 76.7 Å². The van der Waals surface area contributed by atoms with E-state index >= 15 is 0 Å². The van der Waals surface area contributed by atoms with Gasteiger partial charge in [0.2, 0.25) is 0 Å². The molecule has 0 aliphatic rings. The number of sulfonamides is 1. The molecule has 190 valence electrons. The molecule has 1 N–H and O–H groups in total. The Hall–Kier alpha value is -3.36.